The minimum atomic E-state index is -1.17. The quantitative estimate of drug-likeness (QED) is 0.646. The zero-order chi connectivity index (χ0) is 21.4. The molecule has 3 aromatic rings. The molecule has 2 N–H and O–H groups in total. The van der Waals surface area contributed by atoms with Gasteiger partial charge in [0.05, 0.1) is 18.8 Å². The van der Waals surface area contributed by atoms with Gasteiger partial charge in [0, 0.05) is 36.6 Å². The number of amides is 2. The normalized spacial score (nSPS) is 15.5. The van der Waals surface area contributed by atoms with Crippen molar-refractivity contribution in [2.45, 2.75) is 20.5 Å². The number of carbonyl (C=O) groups excluding carboxylic acids is 2. The second kappa shape index (κ2) is 8.42. The smallest absolute Gasteiger partial charge is 0.414 e. The average Bonchev–Trinajstić information content (AvgIpc) is 3.31. The summed E-state index contributed by atoms with van der Waals surface area (Å²) in [4.78, 5) is 40.0. The van der Waals surface area contributed by atoms with Crippen LogP contribution in [0.4, 0.5) is 14.9 Å². The molecule has 9 nitrogen and oxygen atoms in total. The predicted molar refractivity (Wildman–Crippen MR) is 111 cm³/mol. The maximum Gasteiger partial charge on any atom is 0.414 e. The van der Waals surface area contributed by atoms with Crippen LogP contribution in [0.3, 0.4) is 0 Å². The van der Waals surface area contributed by atoms with Crippen molar-refractivity contribution < 1.29 is 28.6 Å². The highest BCUT2D eigenvalue weighted by atomic mass is 19.1. The van der Waals surface area contributed by atoms with Gasteiger partial charge < -0.3 is 19.6 Å². The molecule has 1 atom stereocenters. The Morgan fingerprint density at radius 2 is 2.13 bits per heavy atom. The number of halogens is 1. The van der Waals surface area contributed by atoms with Gasteiger partial charge >= 0.3 is 12.1 Å². The van der Waals surface area contributed by atoms with Gasteiger partial charge in [0.15, 0.2) is 5.65 Å². The Labute approximate surface area is 177 Å². The highest BCUT2D eigenvalue weighted by molar-refractivity contribution is 5.96. The lowest BCUT2D eigenvalue weighted by Gasteiger charge is -2.15. The predicted octanol–water partition coefficient (Wildman–Crippen LogP) is 2.94. The highest BCUT2D eigenvalue weighted by Crippen LogP contribution is 2.30. The number of anilines is 1. The van der Waals surface area contributed by atoms with Crippen molar-refractivity contribution in [1.82, 2.24) is 14.7 Å². The van der Waals surface area contributed by atoms with E-state index in [-0.39, 0.29) is 43.2 Å². The summed E-state index contributed by atoms with van der Waals surface area (Å²) < 4.78 is 21.6. The fraction of sp³-hybridized carbons (Fsp3) is 0.238. The topological polar surface area (TPSA) is 113 Å². The second-order valence-corrected chi connectivity index (χ2v) is 6.82. The van der Waals surface area contributed by atoms with E-state index in [9.17, 15) is 23.9 Å². The van der Waals surface area contributed by atoms with Crippen molar-refractivity contribution in [3.63, 3.8) is 0 Å². The van der Waals surface area contributed by atoms with Crippen LogP contribution in [0, 0.1) is 5.82 Å². The van der Waals surface area contributed by atoms with Crippen molar-refractivity contribution in [3.8, 4) is 11.1 Å². The number of hydrogen-bond acceptors (Lipinski definition) is 5. The first-order valence-corrected chi connectivity index (χ1v) is 9.06. The molecule has 2 amide bonds. The van der Waals surface area contributed by atoms with Crippen LogP contribution < -0.4 is 10.2 Å². The van der Waals surface area contributed by atoms with Crippen molar-refractivity contribution in [2.24, 2.45) is 0 Å². The maximum absolute atomic E-state index is 14.9. The summed E-state index contributed by atoms with van der Waals surface area (Å²) in [6, 6.07) is 5.58. The molecule has 1 fully saturated rings. The van der Waals surface area contributed by atoms with Crippen molar-refractivity contribution in [3.05, 3.63) is 54.2 Å². The first-order valence-electron chi connectivity index (χ1n) is 9.06. The number of benzene rings is 1. The van der Waals surface area contributed by atoms with Gasteiger partial charge in [0.1, 0.15) is 17.5 Å². The third-order valence-electron chi connectivity index (χ3n) is 4.75. The maximum atomic E-state index is 14.9. The van der Waals surface area contributed by atoms with E-state index in [1.807, 2.05) is 0 Å². The van der Waals surface area contributed by atoms with Crippen LogP contribution in [0.25, 0.3) is 16.8 Å². The number of nitrogens with zero attached hydrogens (tertiary/aromatic N) is 3. The molecule has 1 aliphatic rings. The summed E-state index contributed by atoms with van der Waals surface area (Å²) in [7, 11) is 0. The molecule has 0 radical (unpaired) electrons. The molecular formula is C21H21FN4O5. The van der Waals surface area contributed by atoms with E-state index in [2.05, 4.69) is 10.3 Å². The number of aromatic carboxylic acids is 1. The highest BCUT2D eigenvalue weighted by Gasteiger charge is 2.32. The average molecular weight is 428 g/mol. The minimum Gasteiger partial charge on any atom is -0.478 e. The van der Waals surface area contributed by atoms with Crippen LogP contribution in [0.1, 0.15) is 24.7 Å². The van der Waals surface area contributed by atoms with Gasteiger partial charge in [0.25, 0.3) is 0 Å². The van der Waals surface area contributed by atoms with Crippen LogP contribution in [0.15, 0.2) is 42.9 Å². The Balaban J connectivity index is 0.00000272. The molecule has 0 aliphatic carbocycles. The number of fused-ring (bicyclic) bond motifs is 1. The molecule has 0 bridgehead atoms. The lowest BCUT2D eigenvalue weighted by Crippen LogP contribution is -2.33. The van der Waals surface area contributed by atoms with Gasteiger partial charge in [-0.15, -0.1) is 0 Å². The zero-order valence-electron chi connectivity index (χ0n) is 15.8. The number of carboxylic acids is 1. The van der Waals surface area contributed by atoms with E-state index in [4.69, 9.17) is 4.74 Å². The summed E-state index contributed by atoms with van der Waals surface area (Å²) in [5.74, 6) is -2.04. The van der Waals surface area contributed by atoms with Crippen LogP contribution >= 0.6 is 0 Å². The van der Waals surface area contributed by atoms with E-state index < -0.39 is 24.0 Å². The lowest BCUT2D eigenvalue weighted by molar-refractivity contribution is -0.119. The molecule has 2 aromatic heterocycles. The standard InChI is InChI=1S/C20H17FN4O5.CH4/c1-11(26)23-8-14-10-25(20(29)30-14)13-2-3-15(17(21)7-13)12-6-16(19(27)28)18-22-4-5-24(18)9-12;/h2-7,9,14H,8,10H2,1H3,(H,23,26)(H,27,28);1H4/t14-;/m0./s1. The number of cyclic esters (lactones) is 1. The molecule has 10 heteroatoms. The SMILES string of the molecule is C.CC(=O)NC[C@H]1CN(c2ccc(-c3cc(C(=O)O)c4nccn4c3)c(F)c2)C(=O)O1. The summed E-state index contributed by atoms with van der Waals surface area (Å²) in [6.07, 6.45) is 3.45. The second-order valence-electron chi connectivity index (χ2n) is 6.82. The summed E-state index contributed by atoms with van der Waals surface area (Å²) in [6.45, 7) is 1.70. The molecule has 162 valence electrons. The van der Waals surface area contributed by atoms with E-state index in [1.165, 1.54) is 40.6 Å². The number of nitrogens with one attached hydrogen (secondary N) is 1. The van der Waals surface area contributed by atoms with Gasteiger partial charge in [-0.1, -0.05) is 7.43 Å². The first kappa shape index (κ1) is 21.8. The van der Waals surface area contributed by atoms with E-state index >= 15 is 0 Å². The molecule has 4 rings (SSSR count). The van der Waals surface area contributed by atoms with Crippen molar-refractivity contribution in [1.29, 1.82) is 0 Å². The first-order chi connectivity index (χ1) is 14.3. The minimum absolute atomic E-state index is 0. The Bertz CT molecular complexity index is 1180. The summed E-state index contributed by atoms with van der Waals surface area (Å²) in [5, 5.41) is 12.0. The third kappa shape index (κ3) is 4.18. The van der Waals surface area contributed by atoms with E-state index in [0.717, 1.165) is 0 Å². The molecule has 0 saturated carbocycles. The monoisotopic (exact) mass is 428 g/mol. The molecule has 0 unspecified atom stereocenters. The summed E-state index contributed by atoms with van der Waals surface area (Å²) in [5.41, 5.74) is 1.04. The van der Waals surface area contributed by atoms with Gasteiger partial charge in [-0.25, -0.2) is 19.0 Å². The van der Waals surface area contributed by atoms with E-state index in [1.54, 1.807) is 18.5 Å². The molecule has 1 aliphatic heterocycles. The van der Waals surface area contributed by atoms with Crippen LogP contribution in [0.5, 0.6) is 0 Å². The van der Waals surface area contributed by atoms with Crippen molar-refractivity contribution in [2.75, 3.05) is 18.0 Å². The molecule has 3 heterocycles. The van der Waals surface area contributed by atoms with Gasteiger partial charge in [-0.3, -0.25) is 9.69 Å². The number of pyridine rings is 1. The van der Waals surface area contributed by atoms with Crippen LogP contribution in [0.2, 0.25) is 0 Å². The van der Waals surface area contributed by atoms with Crippen molar-refractivity contribution >= 4 is 29.3 Å². The molecule has 1 aromatic carbocycles. The fourth-order valence-corrected chi connectivity index (χ4v) is 3.34. The number of carboxylic acid groups (broad SMARTS) is 1. The Kier molecular flexibility index (Phi) is 5.91. The fourth-order valence-electron chi connectivity index (χ4n) is 3.34. The zero-order valence-corrected chi connectivity index (χ0v) is 15.8. The van der Waals surface area contributed by atoms with Crippen LogP contribution in [-0.2, 0) is 9.53 Å². The Morgan fingerprint density at radius 1 is 1.35 bits per heavy atom. The summed E-state index contributed by atoms with van der Waals surface area (Å²) >= 11 is 0. The number of carbonyl (C=O) groups is 3. The molecular weight excluding hydrogens is 407 g/mol. The van der Waals surface area contributed by atoms with E-state index in [0.29, 0.717) is 11.3 Å². The molecule has 1 saturated heterocycles. The third-order valence-corrected chi connectivity index (χ3v) is 4.75. The molecule has 0 spiro atoms. The Morgan fingerprint density at radius 3 is 2.81 bits per heavy atom. The number of imidazole rings is 1. The van der Waals surface area contributed by atoms with Gasteiger partial charge in [0.2, 0.25) is 5.91 Å². The largest absolute Gasteiger partial charge is 0.478 e. The van der Waals surface area contributed by atoms with Gasteiger partial charge in [-0.05, 0) is 24.3 Å². The Hall–Kier alpha value is -3.95. The lowest BCUT2D eigenvalue weighted by atomic mass is 10.0. The number of aromatic nitrogens is 2. The molecule has 31 heavy (non-hydrogen) atoms. The van der Waals surface area contributed by atoms with Crippen LogP contribution in [-0.4, -0.2) is 51.7 Å². The number of rotatable bonds is 5. The van der Waals surface area contributed by atoms with Gasteiger partial charge in [-0.2, -0.15) is 0 Å². The number of hydrogen-bond donors (Lipinski definition) is 2. The number of ether oxygens (including phenoxy) is 1.